The normalized spacial score (nSPS) is 19.2. The number of rotatable bonds is 8. The standard InChI is InChI=1S/C31H33N3O3/c1-2-20-37-31(36)34-18-16-27(17-19-34)32-29-21-28(29)24-12-14-26(15-13-24)33-30(35)25-10-8-23(9-11-25)22-6-4-3-5-7-22/h2-15,27-29,32H,1,16-21H2,(H,33,35). The Bertz CT molecular complexity index is 1220. The Morgan fingerprint density at radius 1 is 0.919 bits per heavy atom. The highest BCUT2D eigenvalue weighted by molar-refractivity contribution is 6.04. The van der Waals surface area contributed by atoms with Gasteiger partial charge in [0.25, 0.3) is 5.91 Å². The lowest BCUT2D eigenvalue weighted by Crippen LogP contribution is -2.45. The van der Waals surface area contributed by atoms with E-state index >= 15 is 0 Å². The van der Waals surface area contributed by atoms with Gasteiger partial charge in [-0.05, 0) is 60.2 Å². The number of nitrogens with zero attached hydrogens (tertiary/aromatic N) is 1. The molecule has 1 aliphatic carbocycles. The third kappa shape index (κ3) is 6.27. The van der Waals surface area contributed by atoms with E-state index in [0.717, 1.165) is 36.1 Å². The maximum atomic E-state index is 12.7. The molecule has 0 bridgehead atoms. The number of nitrogens with one attached hydrogen (secondary N) is 2. The highest BCUT2D eigenvalue weighted by Gasteiger charge is 2.40. The number of ether oxygens (including phenoxy) is 1. The second-order valence-corrected chi connectivity index (χ2v) is 9.76. The minimum absolute atomic E-state index is 0.113. The van der Waals surface area contributed by atoms with Crippen molar-refractivity contribution in [2.24, 2.45) is 0 Å². The molecule has 1 saturated carbocycles. The van der Waals surface area contributed by atoms with E-state index in [9.17, 15) is 9.59 Å². The van der Waals surface area contributed by atoms with Gasteiger partial charge in [-0.2, -0.15) is 0 Å². The lowest BCUT2D eigenvalue weighted by Gasteiger charge is -2.31. The van der Waals surface area contributed by atoms with E-state index in [4.69, 9.17) is 4.74 Å². The molecule has 2 fully saturated rings. The van der Waals surface area contributed by atoms with Gasteiger partial charge >= 0.3 is 6.09 Å². The first kappa shape index (κ1) is 24.8. The highest BCUT2D eigenvalue weighted by atomic mass is 16.6. The Labute approximate surface area is 218 Å². The predicted molar refractivity (Wildman–Crippen MR) is 147 cm³/mol. The van der Waals surface area contributed by atoms with Crippen LogP contribution in [0.25, 0.3) is 11.1 Å². The first-order valence-corrected chi connectivity index (χ1v) is 13.0. The summed E-state index contributed by atoms with van der Waals surface area (Å²) in [6.45, 7) is 5.27. The first-order valence-electron chi connectivity index (χ1n) is 13.0. The van der Waals surface area contributed by atoms with E-state index in [2.05, 4.69) is 41.5 Å². The summed E-state index contributed by atoms with van der Waals surface area (Å²) in [5, 5.41) is 6.77. The lowest BCUT2D eigenvalue weighted by atomic mass is 10.0. The summed E-state index contributed by atoms with van der Waals surface area (Å²) in [7, 11) is 0. The Morgan fingerprint density at radius 2 is 1.59 bits per heavy atom. The van der Waals surface area contributed by atoms with E-state index in [0.29, 0.717) is 36.7 Å². The van der Waals surface area contributed by atoms with E-state index in [1.165, 1.54) is 5.56 Å². The zero-order chi connectivity index (χ0) is 25.6. The second-order valence-electron chi connectivity index (χ2n) is 9.76. The molecular weight excluding hydrogens is 462 g/mol. The first-order chi connectivity index (χ1) is 18.1. The average molecular weight is 496 g/mol. The molecule has 3 aromatic rings. The number of amides is 2. The van der Waals surface area contributed by atoms with Gasteiger partial charge in [-0.1, -0.05) is 67.3 Å². The number of anilines is 1. The smallest absolute Gasteiger partial charge is 0.410 e. The molecule has 2 aliphatic rings. The number of benzene rings is 3. The summed E-state index contributed by atoms with van der Waals surface area (Å²) >= 11 is 0. The van der Waals surface area contributed by atoms with Gasteiger partial charge in [-0.3, -0.25) is 4.79 Å². The van der Waals surface area contributed by atoms with Gasteiger partial charge in [0.05, 0.1) is 0 Å². The van der Waals surface area contributed by atoms with Crippen molar-refractivity contribution in [2.75, 3.05) is 25.0 Å². The third-order valence-corrected chi connectivity index (χ3v) is 7.17. The van der Waals surface area contributed by atoms with E-state index in [1.807, 2.05) is 54.6 Å². The molecule has 2 unspecified atom stereocenters. The minimum atomic E-state index is -0.251. The molecule has 2 atom stereocenters. The Kier molecular flexibility index (Phi) is 7.66. The van der Waals surface area contributed by atoms with Crippen LogP contribution in [-0.2, 0) is 4.74 Å². The van der Waals surface area contributed by atoms with Crippen LogP contribution < -0.4 is 10.6 Å². The van der Waals surface area contributed by atoms with Crippen LogP contribution in [0.15, 0.2) is 91.5 Å². The molecule has 1 heterocycles. The van der Waals surface area contributed by atoms with Crippen molar-refractivity contribution < 1.29 is 14.3 Å². The molecule has 2 amide bonds. The molecule has 3 aromatic carbocycles. The zero-order valence-electron chi connectivity index (χ0n) is 20.9. The number of likely N-dealkylation sites (tertiary alicyclic amines) is 1. The summed E-state index contributed by atoms with van der Waals surface area (Å²) in [5.74, 6) is 0.379. The van der Waals surface area contributed by atoms with Crippen molar-refractivity contribution in [1.82, 2.24) is 10.2 Å². The Hall–Kier alpha value is -3.90. The molecule has 1 aliphatic heterocycles. The maximum Gasteiger partial charge on any atom is 0.410 e. The van der Waals surface area contributed by atoms with Gasteiger partial charge in [0, 0.05) is 42.3 Å². The third-order valence-electron chi connectivity index (χ3n) is 7.17. The fraction of sp³-hybridized carbons (Fsp3) is 0.290. The Morgan fingerprint density at radius 3 is 2.27 bits per heavy atom. The lowest BCUT2D eigenvalue weighted by molar-refractivity contribution is 0.0993. The summed E-state index contributed by atoms with van der Waals surface area (Å²) in [6, 6.07) is 26.9. The number of hydrogen-bond acceptors (Lipinski definition) is 4. The van der Waals surface area contributed by atoms with Crippen LogP contribution in [-0.4, -0.2) is 48.7 Å². The summed E-state index contributed by atoms with van der Waals surface area (Å²) in [4.78, 5) is 26.5. The summed E-state index contributed by atoms with van der Waals surface area (Å²) in [6.07, 6.45) is 4.32. The van der Waals surface area contributed by atoms with E-state index in [-0.39, 0.29) is 18.6 Å². The van der Waals surface area contributed by atoms with Crippen LogP contribution in [0.4, 0.5) is 10.5 Å². The minimum Gasteiger partial charge on any atom is -0.445 e. The fourth-order valence-electron chi connectivity index (χ4n) is 4.96. The van der Waals surface area contributed by atoms with Gasteiger partial charge in [-0.15, -0.1) is 0 Å². The number of carbonyl (C=O) groups is 2. The highest BCUT2D eigenvalue weighted by Crippen LogP contribution is 2.41. The van der Waals surface area contributed by atoms with Gasteiger partial charge < -0.3 is 20.3 Å². The van der Waals surface area contributed by atoms with Crippen molar-refractivity contribution in [2.45, 2.75) is 37.3 Å². The van der Waals surface area contributed by atoms with Crippen LogP contribution in [0, 0.1) is 0 Å². The Balaban J connectivity index is 1.08. The molecule has 6 nitrogen and oxygen atoms in total. The van der Waals surface area contributed by atoms with Crippen LogP contribution in [0.3, 0.4) is 0 Å². The van der Waals surface area contributed by atoms with Gasteiger partial charge in [-0.25, -0.2) is 4.79 Å². The molecular formula is C31H33N3O3. The monoisotopic (exact) mass is 495 g/mol. The number of piperidine rings is 1. The zero-order valence-corrected chi connectivity index (χ0v) is 20.9. The SMILES string of the molecule is C=CCOC(=O)N1CCC(NC2CC2c2ccc(NC(=O)c3ccc(-c4ccccc4)cc3)cc2)CC1. The molecule has 1 saturated heterocycles. The largest absolute Gasteiger partial charge is 0.445 e. The number of carbonyl (C=O) groups excluding carboxylic acids is 2. The fourth-order valence-corrected chi connectivity index (χ4v) is 4.96. The molecule has 190 valence electrons. The van der Waals surface area contributed by atoms with Crippen molar-refractivity contribution in [3.63, 3.8) is 0 Å². The van der Waals surface area contributed by atoms with Crippen LogP contribution >= 0.6 is 0 Å². The summed E-state index contributed by atoms with van der Waals surface area (Å²) < 4.78 is 5.14. The van der Waals surface area contributed by atoms with Crippen molar-refractivity contribution in [3.05, 3.63) is 103 Å². The van der Waals surface area contributed by atoms with Gasteiger partial charge in [0.15, 0.2) is 0 Å². The van der Waals surface area contributed by atoms with Crippen molar-refractivity contribution in [1.29, 1.82) is 0 Å². The molecule has 0 radical (unpaired) electrons. The average Bonchev–Trinajstić information content (AvgIpc) is 3.72. The molecule has 2 N–H and O–H groups in total. The summed E-state index contributed by atoms with van der Waals surface area (Å²) in [5.41, 5.74) is 4.93. The van der Waals surface area contributed by atoms with Crippen molar-refractivity contribution >= 4 is 17.7 Å². The maximum absolute atomic E-state index is 12.7. The van der Waals surface area contributed by atoms with Crippen LogP contribution in [0.2, 0.25) is 0 Å². The van der Waals surface area contributed by atoms with Crippen LogP contribution in [0.5, 0.6) is 0 Å². The molecule has 0 spiro atoms. The predicted octanol–water partition coefficient (Wildman–Crippen LogP) is 5.84. The molecule has 37 heavy (non-hydrogen) atoms. The molecule has 0 aromatic heterocycles. The van der Waals surface area contributed by atoms with Gasteiger partial charge in [0.2, 0.25) is 0 Å². The quantitative estimate of drug-likeness (QED) is 0.385. The topological polar surface area (TPSA) is 70.7 Å². The molecule has 5 rings (SSSR count). The van der Waals surface area contributed by atoms with E-state index in [1.54, 1.807) is 11.0 Å². The molecule has 6 heteroatoms. The van der Waals surface area contributed by atoms with Gasteiger partial charge in [0.1, 0.15) is 6.61 Å². The van der Waals surface area contributed by atoms with Crippen molar-refractivity contribution in [3.8, 4) is 11.1 Å². The van der Waals surface area contributed by atoms with E-state index < -0.39 is 0 Å². The van der Waals surface area contributed by atoms with Crippen LogP contribution in [0.1, 0.15) is 41.1 Å². The number of hydrogen-bond donors (Lipinski definition) is 2. The second kappa shape index (κ2) is 11.4.